The Kier molecular flexibility index (Phi) is 3.09. The van der Waals surface area contributed by atoms with Gasteiger partial charge in [0.25, 0.3) is 0 Å². The monoisotopic (exact) mass is 313 g/mol. The van der Waals surface area contributed by atoms with Crippen LogP contribution >= 0.6 is 0 Å². The number of aromatic nitrogens is 2. The summed E-state index contributed by atoms with van der Waals surface area (Å²) in [6.07, 6.45) is 9.00. The molecule has 1 aromatic rings. The van der Waals surface area contributed by atoms with Gasteiger partial charge >= 0.3 is 0 Å². The Morgan fingerprint density at radius 3 is 2.43 bits per heavy atom. The normalized spacial score (nSPS) is 31.6. The molecule has 2 aliphatic carbocycles. The second kappa shape index (κ2) is 5.07. The Bertz CT molecular complexity index is 610. The molecule has 2 saturated heterocycles. The van der Waals surface area contributed by atoms with Crippen molar-refractivity contribution in [2.75, 3.05) is 36.8 Å². The third kappa shape index (κ3) is 2.09. The lowest BCUT2D eigenvalue weighted by Crippen LogP contribution is -2.34. The molecule has 3 fully saturated rings. The third-order valence-corrected chi connectivity index (χ3v) is 6.84. The zero-order chi connectivity index (χ0) is 15.4. The highest BCUT2D eigenvalue weighted by atomic mass is 15.3. The molecule has 0 aromatic carbocycles. The van der Waals surface area contributed by atoms with E-state index >= 15 is 0 Å². The van der Waals surface area contributed by atoms with Crippen molar-refractivity contribution >= 4 is 11.8 Å². The summed E-state index contributed by atoms with van der Waals surface area (Å²) in [6.45, 7) is 4.59. The quantitative estimate of drug-likeness (QED) is 0.828. The maximum atomic E-state index is 6.16. The minimum Gasteiger partial charge on any atom is -0.368 e. The zero-order valence-corrected chi connectivity index (χ0v) is 13.9. The maximum Gasteiger partial charge on any atom is 0.222 e. The maximum absolute atomic E-state index is 6.16. The number of anilines is 2. The van der Waals surface area contributed by atoms with Gasteiger partial charge in [0.2, 0.25) is 5.95 Å². The highest BCUT2D eigenvalue weighted by Crippen LogP contribution is 2.50. The number of hydrogen-bond donors (Lipinski definition) is 2. The summed E-state index contributed by atoms with van der Waals surface area (Å²) in [4.78, 5) is 12.0. The SMILES string of the molecule is Nc1nc(N2C[C@H]3CNC[C@H]3C2)c2c(n1)C1(CCCC1)CCC2. The second-order valence-electron chi connectivity index (χ2n) is 8.16. The van der Waals surface area contributed by atoms with Gasteiger partial charge in [-0.15, -0.1) is 0 Å². The molecule has 5 rings (SSSR count). The second-order valence-corrected chi connectivity index (χ2v) is 8.16. The fraction of sp³-hybridized carbons (Fsp3) is 0.778. The van der Waals surface area contributed by atoms with Gasteiger partial charge in [0, 0.05) is 37.2 Å². The molecule has 5 nitrogen and oxygen atoms in total. The van der Waals surface area contributed by atoms with E-state index in [2.05, 4.69) is 10.2 Å². The lowest BCUT2D eigenvalue weighted by molar-refractivity contribution is 0.357. The Balaban J connectivity index is 1.56. The highest BCUT2D eigenvalue weighted by molar-refractivity contribution is 5.56. The lowest BCUT2D eigenvalue weighted by atomic mass is 9.71. The van der Waals surface area contributed by atoms with E-state index in [1.165, 1.54) is 55.6 Å². The van der Waals surface area contributed by atoms with E-state index in [0.717, 1.165) is 44.4 Å². The number of nitrogens with two attached hydrogens (primary N) is 1. The average molecular weight is 313 g/mol. The Hall–Kier alpha value is -1.36. The van der Waals surface area contributed by atoms with Gasteiger partial charge < -0.3 is 16.0 Å². The van der Waals surface area contributed by atoms with Crippen molar-refractivity contribution in [3.05, 3.63) is 11.3 Å². The number of nitrogens with one attached hydrogen (secondary N) is 1. The molecule has 0 radical (unpaired) electrons. The van der Waals surface area contributed by atoms with Crippen molar-refractivity contribution in [1.82, 2.24) is 15.3 Å². The van der Waals surface area contributed by atoms with E-state index in [9.17, 15) is 0 Å². The van der Waals surface area contributed by atoms with E-state index in [1.807, 2.05) is 0 Å². The first-order chi connectivity index (χ1) is 11.3. The summed E-state index contributed by atoms with van der Waals surface area (Å²) in [5.41, 5.74) is 9.22. The minimum atomic E-state index is 0.316. The predicted molar refractivity (Wildman–Crippen MR) is 91.6 cm³/mol. The number of nitrogens with zero attached hydrogens (tertiary/aromatic N) is 3. The Labute approximate surface area is 138 Å². The molecule has 5 heteroatoms. The summed E-state index contributed by atoms with van der Waals surface area (Å²) in [6, 6.07) is 0. The third-order valence-electron chi connectivity index (χ3n) is 6.84. The van der Waals surface area contributed by atoms with E-state index in [1.54, 1.807) is 0 Å². The van der Waals surface area contributed by atoms with Crippen LogP contribution in [0.15, 0.2) is 0 Å². The first-order valence-corrected chi connectivity index (χ1v) is 9.38. The van der Waals surface area contributed by atoms with Crippen LogP contribution in [-0.4, -0.2) is 36.1 Å². The molecule has 2 atom stereocenters. The molecule has 3 heterocycles. The first kappa shape index (κ1) is 14.0. The molecule has 124 valence electrons. The van der Waals surface area contributed by atoms with E-state index in [-0.39, 0.29) is 0 Å². The minimum absolute atomic E-state index is 0.316. The van der Waals surface area contributed by atoms with Gasteiger partial charge in [0.15, 0.2) is 0 Å². The zero-order valence-electron chi connectivity index (χ0n) is 13.9. The summed E-state index contributed by atoms with van der Waals surface area (Å²) in [7, 11) is 0. The fourth-order valence-electron chi connectivity index (χ4n) is 5.71. The van der Waals surface area contributed by atoms with Gasteiger partial charge in [0.05, 0.1) is 5.69 Å². The topological polar surface area (TPSA) is 67.1 Å². The number of nitrogen functional groups attached to an aromatic ring is 1. The van der Waals surface area contributed by atoms with Crippen LogP contribution in [0.25, 0.3) is 0 Å². The molecule has 0 unspecified atom stereocenters. The van der Waals surface area contributed by atoms with Crippen molar-refractivity contribution in [3.63, 3.8) is 0 Å². The van der Waals surface area contributed by atoms with Crippen LogP contribution in [0.2, 0.25) is 0 Å². The fourth-order valence-corrected chi connectivity index (χ4v) is 5.71. The molecule has 4 aliphatic rings. The van der Waals surface area contributed by atoms with E-state index in [0.29, 0.717) is 11.4 Å². The Morgan fingerprint density at radius 2 is 1.70 bits per heavy atom. The van der Waals surface area contributed by atoms with Gasteiger partial charge in [-0.2, -0.15) is 4.98 Å². The lowest BCUT2D eigenvalue weighted by Gasteiger charge is -2.36. The number of rotatable bonds is 1. The summed E-state index contributed by atoms with van der Waals surface area (Å²) < 4.78 is 0. The van der Waals surface area contributed by atoms with Crippen LogP contribution in [0.3, 0.4) is 0 Å². The summed E-state index contributed by atoms with van der Waals surface area (Å²) in [5.74, 6) is 3.23. The van der Waals surface area contributed by atoms with Crippen LogP contribution in [0, 0.1) is 11.8 Å². The van der Waals surface area contributed by atoms with Crippen molar-refractivity contribution in [2.45, 2.75) is 50.4 Å². The molecule has 3 N–H and O–H groups in total. The summed E-state index contributed by atoms with van der Waals surface area (Å²) >= 11 is 0. The molecular weight excluding hydrogens is 286 g/mol. The van der Waals surface area contributed by atoms with Gasteiger partial charge in [-0.1, -0.05) is 12.8 Å². The Morgan fingerprint density at radius 1 is 1.00 bits per heavy atom. The van der Waals surface area contributed by atoms with Gasteiger partial charge in [-0.05, 0) is 43.9 Å². The number of hydrogen-bond acceptors (Lipinski definition) is 5. The van der Waals surface area contributed by atoms with Gasteiger partial charge in [-0.3, -0.25) is 0 Å². The van der Waals surface area contributed by atoms with Crippen LogP contribution < -0.4 is 16.0 Å². The van der Waals surface area contributed by atoms with Crippen LogP contribution in [0.1, 0.15) is 49.8 Å². The highest BCUT2D eigenvalue weighted by Gasteiger charge is 2.43. The predicted octanol–water partition coefficient (Wildman–Crippen LogP) is 1.86. The average Bonchev–Trinajstić information content (AvgIpc) is 3.23. The van der Waals surface area contributed by atoms with Gasteiger partial charge in [-0.25, -0.2) is 4.98 Å². The van der Waals surface area contributed by atoms with Crippen LogP contribution in [0.5, 0.6) is 0 Å². The van der Waals surface area contributed by atoms with Gasteiger partial charge in [0.1, 0.15) is 5.82 Å². The standard InChI is InChI=1S/C18H27N5/c19-17-21-15-14(4-3-7-18(15)5-1-2-6-18)16(22-17)23-10-12-8-20-9-13(12)11-23/h12-13,20H,1-11H2,(H2,19,21,22)/t12-,13+. The molecule has 23 heavy (non-hydrogen) atoms. The molecule has 1 saturated carbocycles. The molecule has 2 aliphatic heterocycles. The van der Waals surface area contributed by atoms with Crippen LogP contribution in [0.4, 0.5) is 11.8 Å². The van der Waals surface area contributed by atoms with Crippen molar-refractivity contribution < 1.29 is 0 Å². The van der Waals surface area contributed by atoms with Crippen LogP contribution in [-0.2, 0) is 11.8 Å². The van der Waals surface area contributed by atoms with Crippen molar-refractivity contribution in [3.8, 4) is 0 Å². The molecule has 0 bridgehead atoms. The van der Waals surface area contributed by atoms with Crippen molar-refractivity contribution in [1.29, 1.82) is 0 Å². The number of fused-ring (bicyclic) bond motifs is 3. The molecular formula is C18H27N5. The first-order valence-electron chi connectivity index (χ1n) is 9.38. The largest absolute Gasteiger partial charge is 0.368 e. The molecule has 0 amide bonds. The van der Waals surface area contributed by atoms with Crippen molar-refractivity contribution in [2.24, 2.45) is 11.8 Å². The summed E-state index contributed by atoms with van der Waals surface area (Å²) in [5, 5.41) is 3.53. The van der Waals surface area contributed by atoms with E-state index < -0.39 is 0 Å². The van der Waals surface area contributed by atoms with E-state index in [4.69, 9.17) is 15.7 Å². The molecule has 1 spiro atoms. The smallest absolute Gasteiger partial charge is 0.222 e. The molecule has 1 aromatic heterocycles.